The molecule has 0 saturated carbocycles. The molecule has 152 valence electrons. The average Bonchev–Trinajstić information content (AvgIpc) is 3.23. The number of nitrogens with zero attached hydrogens (tertiary/aromatic N) is 2. The van der Waals surface area contributed by atoms with Gasteiger partial charge in [-0.25, -0.2) is 4.79 Å². The third-order valence-corrected chi connectivity index (χ3v) is 4.83. The van der Waals surface area contributed by atoms with Crippen LogP contribution in [0.1, 0.15) is 70.4 Å². The largest absolute Gasteiger partial charge is 0.464 e. The first-order chi connectivity index (χ1) is 13.0. The van der Waals surface area contributed by atoms with Gasteiger partial charge in [-0.3, -0.25) is 9.59 Å². The molecule has 7 heteroatoms. The van der Waals surface area contributed by atoms with Gasteiger partial charge >= 0.3 is 5.97 Å². The summed E-state index contributed by atoms with van der Waals surface area (Å²) in [5, 5.41) is 0. The van der Waals surface area contributed by atoms with Crippen LogP contribution in [0.25, 0.3) is 0 Å². The monoisotopic (exact) mass is 388 g/mol. The maximum Gasteiger partial charge on any atom is 0.354 e. The average molecular weight is 388 g/mol. The summed E-state index contributed by atoms with van der Waals surface area (Å²) < 4.78 is 11.9. The lowest BCUT2D eigenvalue weighted by atomic mass is 10.0. The number of furan rings is 1. The topological polar surface area (TPSA) is 81.8 Å². The summed E-state index contributed by atoms with van der Waals surface area (Å²) in [6, 6.07) is 3.21. The summed E-state index contributed by atoms with van der Waals surface area (Å²) in [5.74, 6) is -0.898. The highest BCUT2D eigenvalue weighted by Crippen LogP contribution is 2.26. The molecule has 2 rings (SSSR count). The molecule has 0 N–H and O–H groups in total. The Labute approximate surface area is 165 Å². The van der Waals surface area contributed by atoms with Gasteiger partial charge in [0.2, 0.25) is 0 Å². The van der Waals surface area contributed by atoms with E-state index in [0.717, 1.165) is 0 Å². The van der Waals surface area contributed by atoms with Crippen LogP contribution < -0.4 is 0 Å². The van der Waals surface area contributed by atoms with Crippen molar-refractivity contribution in [3.63, 3.8) is 0 Å². The van der Waals surface area contributed by atoms with Crippen molar-refractivity contribution >= 4 is 17.7 Å². The summed E-state index contributed by atoms with van der Waals surface area (Å²) in [4.78, 5) is 39.8. The predicted octanol–water partition coefficient (Wildman–Crippen LogP) is 3.63. The number of Topliss-reactive ketones (excluding diaryl/α,β-unsaturated/α-hetero) is 1. The number of ketones is 1. The highest BCUT2D eigenvalue weighted by atomic mass is 16.5. The molecule has 0 aliphatic heterocycles. The maximum atomic E-state index is 13.2. The first kappa shape index (κ1) is 21.5. The Morgan fingerprint density at radius 3 is 2.32 bits per heavy atom. The van der Waals surface area contributed by atoms with Crippen molar-refractivity contribution in [3.05, 3.63) is 46.7 Å². The van der Waals surface area contributed by atoms with Crippen molar-refractivity contribution in [2.75, 3.05) is 13.7 Å². The summed E-state index contributed by atoms with van der Waals surface area (Å²) in [7, 11) is 1.31. The van der Waals surface area contributed by atoms with E-state index in [1.54, 1.807) is 30.5 Å². The van der Waals surface area contributed by atoms with Crippen LogP contribution in [0.5, 0.6) is 0 Å². The van der Waals surface area contributed by atoms with E-state index in [4.69, 9.17) is 9.15 Å². The molecular formula is C21H28N2O5. The van der Waals surface area contributed by atoms with Crippen molar-refractivity contribution in [1.82, 2.24) is 9.47 Å². The van der Waals surface area contributed by atoms with Crippen LogP contribution in [-0.4, -0.2) is 46.3 Å². The zero-order valence-electron chi connectivity index (χ0n) is 17.6. The van der Waals surface area contributed by atoms with Gasteiger partial charge in [-0.05, 0) is 59.2 Å². The highest BCUT2D eigenvalue weighted by Gasteiger charge is 2.33. The smallest absolute Gasteiger partial charge is 0.354 e. The van der Waals surface area contributed by atoms with Crippen LogP contribution in [0.2, 0.25) is 0 Å². The van der Waals surface area contributed by atoms with Gasteiger partial charge in [-0.1, -0.05) is 0 Å². The maximum absolute atomic E-state index is 13.2. The number of carbonyl (C=O) groups excluding carboxylic acids is 3. The lowest BCUT2D eigenvalue weighted by molar-refractivity contribution is 0.0519. The number of carbonyl (C=O) groups is 3. The number of methoxy groups -OCH3 is 1. The van der Waals surface area contributed by atoms with Gasteiger partial charge in [0.1, 0.15) is 5.69 Å². The Hall–Kier alpha value is -2.83. The number of ether oxygens (including phenoxy) is 1. The number of aromatic nitrogens is 1. The zero-order valence-corrected chi connectivity index (χ0v) is 17.6. The summed E-state index contributed by atoms with van der Waals surface area (Å²) in [6.07, 6.45) is 1.42. The Balaban J connectivity index is 2.46. The fourth-order valence-corrected chi connectivity index (χ4v) is 3.43. The third kappa shape index (κ3) is 3.88. The van der Waals surface area contributed by atoms with E-state index >= 15 is 0 Å². The fourth-order valence-electron chi connectivity index (χ4n) is 3.43. The molecule has 0 fully saturated rings. The molecule has 0 saturated heterocycles. The quantitative estimate of drug-likeness (QED) is 0.557. The van der Waals surface area contributed by atoms with Crippen LogP contribution in [0.15, 0.2) is 22.8 Å². The second-order valence-electron chi connectivity index (χ2n) is 7.63. The van der Waals surface area contributed by atoms with Crippen molar-refractivity contribution in [3.8, 4) is 0 Å². The van der Waals surface area contributed by atoms with E-state index in [0.29, 0.717) is 29.1 Å². The number of esters is 1. The standard InChI is InChI=1S/C21H28N2O5/c1-8-22-14(3)17(13(2)18(22)20(26)27-7)15(24)12-23(21(4,5)6)19(25)16-10-9-11-28-16/h9-11H,8,12H2,1-7H3. The van der Waals surface area contributed by atoms with E-state index in [1.807, 2.05) is 27.7 Å². The van der Waals surface area contributed by atoms with Gasteiger partial charge in [0.15, 0.2) is 11.5 Å². The third-order valence-electron chi connectivity index (χ3n) is 4.83. The Bertz CT molecular complexity index is 885. The van der Waals surface area contributed by atoms with Crippen molar-refractivity contribution < 1.29 is 23.5 Å². The van der Waals surface area contributed by atoms with Crippen LogP contribution in [-0.2, 0) is 11.3 Å². The highest BCUT2D eigenvalue weighted by molar-refractivity contribution is 6.05. The molecule has 0 aliphatic carbocycles. The zero-order chi connectivity index (χ0) is 21.2. The molecule has 0 bridgehead atoms. The minimum absolute atomic E-state index is 0.126. The molecule has 0 unspecified atom stereocenters. The lowest BCUT2D eigenvalue weighted by Gasteiger charge is -2.34. The molecule has 2 aromatic heterocycles. The summed E-state index contributed by atoms with van der Waals surface area (Å²) in [5.41, 5.74) is 1.47. The Morgan fingerprint density at radius 2 is 1.86 bits per heavy atom. The fraction of sp³-hybridized carbons (Fsp3) is 0.476. The van der Waals surface area contributed by atoms with Gasteiger partial charge in [-0.15, -0.1) is 0 Å². The lowest BCUT2D eigenvalue weighted by Crippen LogP contribution is -2.48. The van der Waals surface area contributed by atoms with Crippen LogP contribution in [0.4, 0.5) is 0 Å². The SMILES string of the molecule is CCn1c(C)c(C(=O)CN(C(=O)c2ccco2)C(C)(C)C)c(C)c1C(=O)OC. The van der Waals surface area contributed by atoms with E-state index < -0.39 is 11.5 Å². The van der Waals surface area contributed by atoms with E-state index in [9.17, 15) is 14.4 Å². The first-order valence-electron chi connectivity index (χ1n) is 9.21. The van der Waals surface area contributed by atoms with Gasteiger partial charge in [-0.2, -0.15) is 0 Å². The molecule has 28 heavy (non-hydrogen) atoms. The molecule has 2 aromatic rings. The first-order valence-corrected chi connectivity index (χ1v) is 9.21. The molecule has 0 spiro atoms. The Kier molecular flexibility index (Phi) is 6.17. The van der Waals surface area contributed by atoms with E-state index in [1.165, 1.54) is 18.3 Å². The molecule has 0 atom stereocenters. The van der Waals surface area contributed by atoms with Crippen LogP contribution >= 0.6 is 0 Å². The molecule has 0 aliphatic rings. The second-order valence-corrected chi connectivity index (χ2v) is 7.63. The van der Waals surface area contributed by atoms with Gasteiger partial charge in [0.25, 0.3) is 5.91 Å². The second kappa shape index (κ2) is 8.04. The molecular weight excluding hydrogens is 360 g/mol. The number of rotatable bonds is 6. The van der Waals surface area contributed by atoms with Crippen LogP contribution in [0, 0.1) is 13.8 Å². The predicted molar refractivity (Wildman–Crippen MR) is 105 cm³/mol. The molecule has 2 heterocycles. The molecule has 1 amide bonds. The van der Waals surface area contributed by atoms with E-state index in [-0.39, 0.29) is 24.0 Å². The number of hydrogen-bond donors (Lipinski definition) is 0. The van der Waals surface area contributed by atoms with Crippen molar-refractivity contribution in [2.24, 2.45) is 0 Å². The van der Waals surface area contributed by atoms with Crippen molar-refractivity contribution in [2.45, 2.75) is 53.6 Å². The summed E-state index contributed by atoms with van der Waals surface area (Å²) >= 11 is 0. The number of hydrogen-bond acceptors (Lipinski definition) is 5. The normalized spacial score (nSPS) is 11.4. The minimum atomic E-state index is -0.597. The minimum Gasteiger partial charge on any atom is -0.464 e. The number of amides is 1. The van der Waals surface area contributed by atoms with E-state index in [2.05, 4.69) is 0 Å². The van der Waals surface area contributed by atoms with Crippen LogP contribution in [0.3, 0.4) is 0 Å². The molecule has 0 radical (unpaired) electrons. The van der Waals surface area contributed by atoms with Gasteiger partial charge in [0.05, 0.1) is 19.9 Å². The van der Waals surface area contributed by atoms with Crippen molar-refractivity contribution in [1.29, 1.82) is 0 Å². The molecule has 0 aromatic carbocycles. The van der Waals surface area contributed by atoms with Gasteiger partial charge < -0.3 is 18.6 Å². The molecule has 7 nitrogen and oxygen atoms in total. The van der Waals surface area contributed by atoms with Gasteiger partial charge in [0, 0.05) is 23.3 Å². The Morgan fingerprint density at radius 1 is 1.21 bits per heavy atom. The summed E-state index contributed by atoms with van der Waals surface area (Å²) in [6.45, 7) is 11.4.